The number of carbonyl (C=O) groups is 2. The number of likely N-dealkylation sites (tertiary alicyclic amines) is 1. The first-order chi connectivity index (χ1) is 9.87. The second-order valence-electron chi connectivity index (χ2n) is 6.70. The molecule has 2 fully saturated rings. The van der Waals surface area contributed by atoms with Crippen molar-refractivity contribution in [2.45, 2.75) is 39.2 Å². The van der Waals surface area contributed by atoms with Crippen LogP contribution < -0.4 is 0 Å². The number of amides is 2. The lowest BCUT2D eigenvalue weighted by Gasteiger charge is -2.36. The van der Waals surface area contributed by atoms with Crippen LogP contribution in [0.25, 0.3) is 0 Å². The molecule has 0 spiro atoms. The van der Waals surface area contributed by atoms with E-state index in [0.717, 1.165) is 12.8 Å². The summed E-state index contributed by atoms with van der Waals surface area (Å²) in [4.78, 5) is 28.1. The summed E-state index contributed by atoms with van der Waals surface area (Å²) in [5, 5.41) is 0. The van der Waals surface area contributed by atoms with Crippen molar-refractivity contribution < 1.29 is 19.1 Å². The molecule has 6 nitrogen and oxygen atoms in total. The molecule has 1 atom stereocenters. The van der Waals surface area contributed by atoms with Crippen LogP contribution in [0, 0.1) is 5.92 Å². The molecule has 2 aliphatic heterocycles. The number of nitrogens with zero attached hydrogens (tertiary/aromatic N) is 2. The third-order valence-corrected chi connectivity index (χ3v) is 3.75. The van der Waals surface area contributed by atoms with E-state index in [2.05, 4.69) is 0 Å². The molecule has 0 aromatic heterocycles. The monoisotopic (exact) mass is 298 g/mol. The van der Waals surface area contributed by atoms with Gasteiger partial charge in [0.15, 0.2) is 0 Å². The van der Waals surface area contributed by atoms with Gasteiger partial charge < -0.3 is 19.3 Å². The molecule has 6 heteroatoms. The first kappa shape index (κ1) is 16.1. The van der Waals surface area contributed by atoms with Gasteiger partial charge in [0, 0.05) is 26.2 Å². The molecule has 0 N–H and O–H groups in total. The third kappa shape index (κ3) is 4.59. The van der Waals surface area contributed by atoms with Gasteiger partial charge in [-0.3, -0.25) is 4.79 Å². The summed E-state index contributed by atoms with van der Waals surface area (Å²) in [5.74, 6) is 0.0379. The number of piperidine rings is 1. The molecule has 0 saturated carbocycles. The zero-order valence-electron chi connectivity index (χ0n) is 13.3. The minimum absolute atomic E-state index is 0.107. The lowest BCUT2D eigenvalue weighted by atomic mass is 9.96. The van der Waals surface area contributed by atoms with Crippen LogP contribution in [0.15, 0.2) is 0 Å². The van der Waals surface area contributed by atoms with E-state index in [1.807, 2.05) is 25.7 Å². The second kappa shape index (κ2) is 6.64. The summed E-state index contributed by atoms with van der Waals surface area (Å²) in [6.07, 6.45) is 1.37. The average Bonchev–Trinajstić information content (AvgIpc) is 2.46. The highest BCUT2D eigenvalue weighted by Gasteiger charge is 2.33. The summed E-state index contributed by atoms with van der Waals surface area (Å²) in [5.41, 5.74) is -0.502. The summed E-state index contributed by atoms with van der Waals surface area (Å²) >= 11 is 0. The fourth-order valence-corrected chi connectivity index (χ4v) is 2.71. The lowest BCUT2D eigenvalue weighted by Crippen LogP contribution is -2.50. The summed E-state index contributed by atoms with van der Waals surface area (Å²) in [7, 11) is 0. The molecule has 2 amide bonds. The maximum atomic E-state index is 12.5. The first-order valence-corrected chi connectivity index (χ1v) is 7.71. The van der Waals surface area contributed by atoms with Crippen molar-refractivity contribution in [1.29, 1.82) is 0 Å². The molecule has 0 aliphatic carbocycles. The maximum absolute atomic E-state index is 12.5. The molecular formula is C15H26N2O4. The van der Waals surface area contributed by atoms with Gasteiger partial charge in [0.1, 0.15) is 5.60 Å². The number of hydrogen-bond acceptors (Lipinski definition) is 4. The van der Waals surface area contributed by atoms with E-state index in [0.29, 0.717) is 39.4 Å². The Morgan fingerprint density at radius 2 is 1.76 bits per heavy atom. The minimum atomic E-state index is -0.502. The highest BCUT2D eigenvalue weighted by Crippen LogP contribution is 2.21. The van der Waals surface area contributed by atoms with Gasteiger partial charge in [-0.25, -0.2) is 4.79 Å². The summed E-state index contributed by atoms with van der Waals surface area (Å²) in [6.45, 7) is 9.21. The van der Waals surface area contributed by atoms with E-state index in [9.17, 15) is 9.59 Å². The highest BCUT2D eigenvalue weighted by atomic mass is 16.6. The predicted octanol–water partition coefficient (Wildman–Crippen LogP) is 1.49. The van der Waals surface area contributed by atoms with Gasteiger partial charge in [-0.15, -0.1) is 0 Å². The predicted molar refractivity (Wildman–Crippen MR) is 77.9 cm³/mol. The van der Waals surface area contributed by atoms with Gasteiger partial charge in [0.05, 0.1) is 19.1 Å². The molecule has 0 unspecified atom stereocenters. The maximum Gasteiger partial charge on any atom is 0.410 e. The number of carbonyl (C=O) groups excluding carboxylic acids is 2. The van der Waals surface area contributed by atoms with Crippen molar-refractivity contribution in [2.75, 3.05) is 39.4 Å². The molecular weight excluding hydrogens is 272 g/mol. The van der Waals surface area contributed by atoms with Crippen LogP contribution >= 0.6 is 0 Å². The third-order valence-electron chi connectivity index (χ3n) is 3.75. The van der Waals surface area contributed by atoms with Crippen LogP contribution in [0.5, 0.6) is 0 Å². The number of hydrogen-bond donors (Lipinski definition) is 0. The van der Waals surface area contributed by atoms with Crippen molar-refractivity contribution >= 4 is 12.0 Å². The Hall–Kier alpha value is -1.30. The van der Waals surface area contributed by atoms with Crippen LogP contribution in [-0.4, -0.2) is 66.8 Å². The van der Waals surface area contributed by atoms with E-state index < -0.39 is 5.60 Å². The van der Waals surface area contributed by atoms with Crippen molar-refractivity contribution in [3.05, 3.63) is 0 Å². The number of rotatable bonds is 1. The fourth-order valence-electron chi connectivity index (χ4n) is 2.71. The minimum Gasteiger partial charge on any atom is -0.444 e. The molecule has 0 bridgehead atoms. The standard InChI is InChI=1S/C15H26N2O4/c1-15(2,3)21-14(19)17-6-4-5-12(11-17)13(18)16-7-9-20-10-8-16/h12H,4-11H2,1-3H3/t12-/m0/s1. The fraction of sp³-hybridized carbons (Fsp3) is 0.867. The van der Waals surface area contributed by atoms with Crippen molar-refractivity contribution in [2.24, 2.45) is 5.92 Å². The van der Waals surface area contributed by atoms with E-state index in [1.165, 1.54) is 0 Å². The first-order valence-electron chi connectivity index (χ1n) is 7.71. The van der Waals surface area contributed by atoms with Crippen LogP contribution in [0.1, 0.15) is 33.6 Å². The molecule has 21 heavy (non-hydrogen) atoms. The van der Waals surface area contributed by atoms with Crippen LogP contribution in [-0.2, 0) is 14.3 Å². The quantitative estimate of drug-likeness (QED) is 0.736. The Labute approximate surface area is 126 Å². The zero-order chi connectivity index (χ0) is 15.5. The van der Waals surface area contributed by atoms with Gasteiger partial charge in [-0.1, -0.05) is 0 Å². The highest BCUT2D eigenvalue weighted by molar-refractivity contribution is 5.80. The normalized spacial score (nSPS) is 23.9. The second-order valence-corrected chi connectivity index (χ2v) is 6.70. The summed E-state index contributed by atoms with van der Waals surface area (Å²) in [6, 6.07) is 0. The SMILES string of the molecule is CC(C)(C)OC(=O)N1CCC[C@H](C(=O)N2CCOCC2)C1. The summed E-state index contributed by atoms with van der Waals surface area (Å²) < 4.78 is 10.7. The van der Waals surface area contributed by atoms with Crippen molar-refractivity contribution in [3.8, 4) is 0 Å². The molecule has 2 aliphatic rings. The lowest BCUT2D eigenvalue weighted by molar-refractivity contribution is -0.141. The smallest absolute Gasteiger partial charge is 0.410 e. The van der Waals surface area contributed by atoms with Crippen LogP contribution in [0.2, 0.25) is 0 Å². The Kier molecular flexibility index (Phi) is 5.08. The van der Waals surface area contributed by atoms with Gasteiger partial charge in [0.2, 0.25) is 5.91 Å². The van der Waals surface area contributed by atoms with Crippen molar-refractivity contribution in [1.82, 2.24) is 9.80 Å². The molecule has 0 radical (unpaired) electrons. The molecule has 2 heterocycles. The van der Waals surface area contributed by atoms with Crippen LogP contribution in [0.4, 0.5) is 4.79 Å². The molecule has 0 aromatic rings. The average molecular weight is 298 g/mol. The number of morpholine rings is 1. The molecule has 2 rings (SSSR count). The van der Waals surface area contributed by atoms with Crippen molar-refractivity contribution in [3.63, 3.8) is 0 Å². The van der Waals surface area contributed by atoms with E-state index in [4.69, 9.17) is 9.47 Å². The van der Waals surface area contributed by atoms with Crippen LogP contribution in [0.3, 0.4) is 0 Å². The van der Waals surface area contributed by atoms with Gasteiger partial charge in [0.25, 0.3) is 0 Å². The van der Waals surface area contributed by atoms with E-state index in [1.54, 1.807) is 4.90 Å². The Morgan fingerprint density at radius 3 is 2.38 bits per heavy atom. The van der Waals surface area contributed by atoms with Gasteiger partial charge in [-0.05, 0) is 33.6 Å². The molecule has 0 aromatic carbocycles. The Balaban J connectivity index is 1.90. The number of ether oxygens (including phenoxy) is 2. The van der Waals surface area contributed by atoms with E-state index >= 15 is 0 Å². The Morgan fingerprint density at radius 1 is 1.10 bits per heavy atom. The molecule has 2 saturated heterocycles. The van der Waals surface area contributed by atoms with Gasteiger partial charge in [-0.2, -0.15) is 0 Å². The Bertz CT molecular complexity index is 386. The largest absolute Gasteiger partial charge is 0.444 e. The topological polar surface area (TPSA) is 59.1 Å². The van der Waals surface area contributed by atoms with E-state index in [-0.39, 0.29) is 17.9 Å². The zero-order valence-corrected chi connectivity index (χ0v) is 13.3. The van der Waals surface area contributed by atoms with Gasteiger partial charge >= 0.3 is 6.09 Å². The molecule has 120 valence electrons.